The number of ether oxygens (including phenoxy) is 1. The minimum atomic E-state index is -3.97. The molecular weight excluding hydrogens is 402 g/mol. The number of hydrogen-bond donors (Lipinski definition) is 1. The highest BCUT2D eigenvalue weighted by Crippen LogP contribution is 2.27. The van der Waals surface area contributed by atoms with Crippen LogP contribution in [0, 0.1) is 6.92 Å². The van der Waals surface area contributed by atoms with Gasteiger partial charge in [0.25, 0.3) is 10.0 Å². The molecule has 1 heterocycles. The first-order chi connectivity index (χ1) is 14.4. The number of amides is 1. The van der Waals surface area contributed by atoms with Gasteiger partial charge >= 0.3 is 0 Å². The first-order valence-corrected chi connectivity index (χ1v) is 10.7. The number of hydrogen-bond acceptors (Lipinski definition) is 5. The summed E-state index contributed by atoms with van der Waals surface area (Å²) in [5.74, 6) is 0.0460. The van der Waals surface area contributed by atoms with Crippen LogP contribution < -0.4 is 14.4 Å². The van der Waals surface area contributed by atoms with E-state index in [2.05, 4.69) is 10.3 Å². The highest BCUT2D eigenvalue weighted by Gasteiger charge is 2.27. The summed E-state index contributed by atoms with van der Waals surface area (Å²) in [6, 6.07) is 18.5. The van der Waals surface area contributed by atoms with Crippen molar-refractivity contribution >= 4 is 21.6 Å². The van der Waals surface area contributed by atoms with Gasteiger partial charge in [-0.1, -0.05) is 29.8 Å². The van der Waals surface area contributed by atoms with Crippen molar-refractivity contribution in [2.45, 2.75) is 18.4 Å². The molecule has 30 heavy (non-hydrogen) atoms. The van der Waals surface area contributed by atoms with Gasteiger partial charge in [0.15, 0.2) is 0 Å². The summed E-state index contributed by atoms with van der Waals surface area (Å²) in [4.78, 5) is 16.9. The van der Waals surface area contributed by atoms with E-state index in [0.717, 1.165) is 9.87 Å². The number of rotatable bonds is 8. The fourth-order valence-corrected chi connectivity index (χ4v) is 4.21. The molecular formula is C22H23N3O4S. The molecule has 0 fully saturated rings. The summed E-state index contributed by atoms with van der Waals surface area (Å²) in [5, 5.41) is 2.72. The van der Waals surface area contributed by atoms with E-state index in [0.29, 0.717) is 17.1 Å². The van der Waals surface area contributed by atoms with Gasteiger partial charge in [0, 0.05) is 12.3 Å². The van der Waals surface area contributed by atoms with Crippen molar-refractivity contribution in [2.24, 2.45) is 0 Å². The van der Waals surface area contributed by atoms with E-state index in [4.69, 9.17) is 4.74 Å². The van der Waals surface area contributed by atoms with Crippen molar-refractivity contribution < 1.29 is 17.9 Å². The molecule has 0 saturated heterocycles. The maximum Gasteiger partial charge on any atom is 0.264 e. The monoisotopic (exact) mass is 425 g/mol. The van der Waals surface area contributed by atoms with Gasteiger partial charge in [0.05, 0.1) is 29.9 Å². The van der Waals surface area contributed by atoms with Gasteiger partial charge in [0.2, 0.25) is 5.91 Å². The zero-order valence-electron chi connectivity index (χ0n) is 16.8. The highest BCUT2D eigenvalue weighted by atomic mass is 32.2. The Balaban J connectivity index is 1.89. The quantitative estimate of drug-likeness (QED) is 0.600. The first kappa shape index (κ1) is 21.3. The molecule has 1 amide bonds. The SMILES string of the molecule is COc1cccc(N(CC(=O)NCc2ccccn2)S(=O)(=O)c2ccc(C)cc2)c1. The van der Waals surface area contributed by atoms with Gasteiger partial charge in [-0.3, -0.25) is 14.1 Å². The Labute approximate surface area is 176 Å². The van der Waals surface area contributed by atoms with E-state index in [9.17, 15) is 13.2 Å². The van der Waals surface area contributed by atoms with Gasteiger partial charge in [-0.2, -0.15) is 0 Å². The molecule has 2 aromatic carbocycles. The minimum absolute atomic E-state index is 0.105. The number of methoxy groups -OCH3 is 1. The largest absolute Gasteiger partial charge is 0.497 e. The third-order valence-corrected chi connectivity index (χ3v) is 6.22. The van der Waals surface area contributed by atoms with E-state index in [1.54, 1.807) is 54.7 Å². The second kappa shape index (κ2) is 9.41. The van der Waals surface area contributed by atoms with Crippen LogP contribution in [0.1, 0.15) is 11.3 Å². The average Bonchev–Trinajstić information content (AvgIpc) is 2.77. The lowest BCUT2D eigenvalue weighted by atomic mass is 10.2. The third kappa shape index (κ3) is 5.15. The topological polar surface area (TPSA) is 88.6 Å². The number of nitrogens with zero attached hydrogens (tertiary/aromatic N) is 2. The molecule has 3 rings (SSSR count). The van der Waals surface area contributed by atoms with Gasteiger partial charge in [0.1, 0.15) is 12.3 Å². The molecule has 1 aromatic heterocycles. The molecule has 0 aliphatic heterocycles. The van der Waals surface area contributed by atoms with Crippen LogP contribution in [-0.4, -0.2) is 33.0 Å². The van der Waals surface area contributed by atoms with Crippen LogP contribution >= 0.6 is 0 Å². The lowest BCUT2D eigenvalue weighted by Crippen LogP contribution is -2.40. The van der Waals surface area contributed by atoms with Gasteiger partial charge in [-0.05, 0) is 43.3 Å². The number of aryl methyl sites for hydroxylation is 1. The summed E-state index contributed by atoms with van der Waals surface area (Å²) in [6.45, 7) is 1.70. The average molecular weight is 426 g/mol. The fourth-order valence-electron chi connectivity index (χ4n) is 2.80. The number of carbonyl (C=O) groups excluding carboxylic acids is 1. The van der Waals surface area contributed by atoms with E-state index in [1.165, 1.54) is 19.2 Å². The van der Waals surface area contributed by atoms with Crippen LogP contribution in [-0.2, 0) is 21.4 Å². The highest BCUT2D eigenvalue weighted by molar-refractivity contribution is 7.92. The first-order valence-electron chi connectivity index (χ1n) is 9.30. The van der Waals surface area contributed by atoms with E-state index in [-0.39, 0.29) is 18.0 Å². The Morgan fingerprint density at radius 3 is 2.50 bits per heavy atom. The Morgan fingerprint density at radius 2 is 1.83 bits per heavy atom. The fraction of sp³-hybridized carbons (Fsp3) is 0.182. The van der Waals surface area contributed by atoms with Crippen molar-refractivity contribution in [1.29, 1.82) is 0 Å². The predicted molar refractivity (Wildman–Crippen MR) is 115 cm³/mol. The van der Waals surface area contributed by atoms with E-state index >= 15 is 0 Å². The Hall–Kier alpha value is -3.39. The van der Waals surface area contributed by atoms with Gasteiger partial charge < -0.3 is 10.1 Å². The standard InChI is InChI=1S/C22H23N3O4S/c1-17-9-11-21(12-10-17)30(27,28)25(19-7-5-8-20(14-19)29-2)16-22(26)24-15-18-6-3-4-13-23-18/h3-14H,15-16H2,1-2H3,(H,24,26). The molecule has 0 atom stereocenters. The molecule has 0 saturated carbocycles. The van der Waals surface area contributed by atoms with Crippen LogP contribution in [0.15, 0.2) is 77.8 Å². The minimum Gasteiger partial charge on any atom is -0.497 e. The summed E-state index contributed by atoms with van der Waals surface area (Å²) in [5.41, 5.74) is 1.96. The van der Waals surface area contributed by atoms with Crippen LogP contribution in [0.2, 0.25) is 0 Å². The zero-order valence-corrected chi connectivity index (χ0v) is 17.6. The van der Waals surface area contributed by atoms with Gasteiger partial charge in [-0.25, -0.2) is 8.42 Å². The molecule has 0 radical (unpaired) electrons. The molecule has 0 bridgehead atoms. The molecule has 156 valence electrons. The lowest BCUT2D eigenvalue weighted by molar-refractivity contribution is -0.119. The Bertz CT molecular complexity index is 1100. The molecule has 0 unspecified atom stereocenters. The number of aromatic nitrogens is 1. The van der Waals surface area contributed by atoms with Crippen molar-refractivity contribution in [3.8, 4) is 5.75 Å². The summed E-state index contributed by atoms with van der Waals surface area (Å²) >= 11 is 0. The van der Waals surface area contributed by atoms with Gasteiger partial charge in [-0.15, -0.1) is 0 Å². The summed E-state index contributed by atoms with van der Waals surface area (Å²) in [6.07, 6.45) is 1.63. The zero-order chi connectivity index (χ0) is 21.6. The van der Waals surface area contributed by atoms with Crippen molar-refractivity contribution in [2.75, 3.05) is 18.0 Å². The Morgan fingerprint density at radius 1 is 1.07 bits per heavy atom. The van der Waals surface area contributed by atoms with Crippen molar-refractivity contribution in [1.82, 2.24) is 10.3 Å². The smallest absolute Gasteiger partial charge is 0.264 e. The third-order valence-electron chi connectivity index (χ3n) is 4.43. The molecule has 3 aromatic rings. The molecule has 0 spiro atoms. The number of pyridine rings is 1. The second-order valence-corrected chi connectivity index (χ2v) is 8.49. The molecule has 0 aliphatic carbocycles. The normalized spacial score (nSPS) is 11.0. The lowest BCUT2D eigenvalue weighted by Gasteiger charge is -2.24. The number of carbonyl (C=O) groups is 1. The second-order valence-electron chi connectivity index (χ2n) is 6.62. The van der Waals surface area contributed by atoms with Crippen LogP contribution in [0.4, 0.5) is 5.69 Å². The summed E-state index contributed by atoms with van der Waals surface area (Å²) < 4.78 is 33.0. The molecule has 7 nitrogen and oxygen atoms in total. The number of benzene rings is 2. The van der Waals surface area contributed by atoms with Crippen LogP contribution in [0.3, 0.4) is 0 Å². The maximum atomic E-state index is 13.3. The maximum absolute atomic E-state index is 13.3. The van der Waals surface area contributed by atoms with Crippen LogP contribution in [0.25, 0.3) is 0 Å². The molecule has 1 N–H and O–H groups in total. The molecule has 8 heteroatoms. The number of sulfonamides is 1. The molecule has 0 aliphatic rings. The Kier molecular flexibility index (Phi) is 6.68. The summed E-state index contributed by atoms with van der Waals surface area (Å²) in [7, 11) is -2.48. The number of nitrogens with one attached hydrogen (secondary N) is 1. The van der Waals surface area contributed by atoms with E-state index in [1.807, 2.05) is 13.0 Å². The van der Waals surface area contributed by atoms with Crippen molar-refractivity contribution in [3.05, 3.63) is 84.2 Å². The number of anilines is 1. The van der Waals surface area contributed by atoms with Crippen molar-refractivity contribution in [3.63, 3.8) is 0 Å². The predicted octanol–water partition coefficient (Wildman–Crippen LogP) is 2.91. The van der Waals surface area contributed by atoms with E-state index < -0.39 is 15.9 Å². The van der Waals surface area contributed by atoms with Crippen LogP contribution in [0.5, 0.6) is 5.75 Å².